The number of hydrogen-bond acceptors (Lipinski definition) is 3. The molecule has 1 rings (SSSR count). The van der Waals surface area contributed by atoms with Crippen LogP contribution in [0, 0.1) is 5.92 Å². The van der Waals surface area contributed by atoms with E-state index in [1.165, 1.54) is 0 Å². The number of carbonyl (C=O) groups excluding carboxylic acids is 1. The van der Waals surface area contributed by atoms with E-state index in [4.69, 9.17) is 4.74 Å². The monoisotopic (exact) mass is 286 g/mol. The first-order valence-corrected chi connectivity index (χ1v) is 5.96. The Morgan fingerprint density at radius 2 is 2.38 bits per heavy atom. The lowest BCUT2D eigenvalue weighted by atomic mass is 10.1. The van der Waals surface area contributed by atoms with Gasteiger partial charge in [-0.25, -0.2) is 9.78 Å². The minimum absolute atomic E-state index is 0.383. The van der Waals surface area contributed by atoms with Crippen LogP contribution in [0.25, 0.3) is 0 Å². The van der Waals surface area contributed by atoms with E-state index in [-0.39, 0.29) is 0 Å². The summed E-state index contributed by atoms with van der Waals surface area (Å²) in [6.45, 7) is 4.53. The number of ether oxygens (including phenoxy) is 1. The molecular formula is C11H15BrN2O2. The highest BCUT2D eigenvalue weighted by molar-refractivity contribution is 9.10. The molecule has 1 heterocycles. The van der Waals surface area contributed by atoms with Gasteiger partial charge in [0.15, 0.2) is 0 Å². The molecular weight excluding hydrogens is 272 g/mol. The van der Waals surface area contributed by atoms with Crippen LogP contribution in [0.1, 0.15) is 20.3 Å². The summed E-state index contributed by atoms with van der Waals surface area (Å²) in [6, 6.07) is 3.51. The maximum Gasteiger partial charge on any atom is 0.411 e. The van der Waals surface area contributed by atoms with Gasteiger partial charge in [0, 0.05) is 0 Å². The molecule has 16 heavy (non-hydrogen) atoms. The second kappa shape index (κ2) is 6.48. The minimum Gasteiger partial charge on any atom is -0.449 e. The number of anilines is 1. The van der Waals surface area contributed by atoms with E-state index in [1.807, 2.05) is 6.92 Å². The lowest BCUT2D eigenvalue weighted by Gasteiger charge is -2.10. The van der Waals surface area contributed by atoms with Crippen molar-refractivity contribution >= 4 is 27.7 Å². The number of rotatable bonds is 4. The fraction of sp³-hybridized carbons (Fsp3) is 0.455. The number of hydrogen-bond donors (Lipinski definition) is 1. The van der Waals surface area contributed by atoms with Crippen LogP contribution in [0.2, 0.25) is 0 Å². The van der Waals surface area contributed by atoms with E-state index in [0.717, 1.165) is 11.0 Å². The Kier molecular flexibility index (Phi) is 5.25. The lowest BCUT2D eigenvalue weighted by molar-refractivity contribution is 0.143. The Bertz CT molecular complexity index is 340. The molecule has 0 aliphatic rings. The number of nitrogens with zero attached hydrogens (tertiary/aromatic N) is 1. The normalized spacial score (nSPS) is 11.9. The zero-order chi connectivity index (χ0) is 12.0. The second-order valence-corrected chi connectivity index (χ2v) is 4.42. The molecule has 1 aromatic rings. The molecule has 5 heteroatoms. The first-order valence-electron chi connectivity index (χ1n) is 5.17. The number of halogens is 1. The maximum atomic E-state index is 11.3. The number of pyridine rings is 1. The zero-order valence-corrected chi connectivity index (χ0v) is 11.0. The second-order valence-electron chi connectivity index (χ2n) is 3.61. The lowest BCUT2D eigenvalue weighted by Crippen LogP contribution is -2.17. The van der Waals surface area contributed by atoms with Gasteiger partial charge >= 0.3 is 6.09 Å². The predicted molar refractivity (Wildman–Crippen MR) is 66.4 cm³/mol. The molecule has 1 N–H and O–H groups in total. The molecule has 0 bridgehead atoms. The van der Waals surface area contributed by atoms with Gasteiger partial charge in [0.05, 0.1) is 18.5 Å². The van der Waals surface area contributed by atoms with Crippen LogP contribution >= 0.6 is 15.9 Å². The number of nitrogens with one attached hydrogen (secondary N) is 1. The fourth-order valence-electron chi connectivity index (χ4n) is 0.939. The van der Waals surface area contributed by atoms with Gasteiger partial charge in [-0.15, -0.1) is 0 Å². The molecule has 0 fully saturated rings. The van der Waals surface area contributed by atoms with Crippen LogP contribution in [0.5, 0.6) is 0 Å². The van der Waals surface area contributed by atoms with E-state index >= 15 is 0 Å². The van der Waals surface area contributed by atoms with Crippen molar-refractivity contribution in [2.75, 3.05) is 11.9 Å². The first kappa shape index (κ1) is 13.0. The zero-order valence-electron chi connectivity index (χ0n) is 9.37. The van der Waals surface area contributed by atoms with E-state index in [2.05, 4.69) is 33.2 Å². The molecule has 88 valence electrons. The molecule has 4 nitrogen and oxygen atoms in total. The predicted octanol–water partition coefficient (Wildman–Crippen LogP) is 3.44. The van der Waals surface area contributed by atoms with Gasteiger partial charge in [0.25, 0.3) is 0 Å². The summed E-state index contributed by atoms with van der Waals surface area (Å²) in [6.07, 6.45) is 2.12. The van der Waals surface area contributed by atoms with Crippen LogP contribution in [0.4, 0.5) is 10.5 Å². The average Bonchev–Trinajstić information content (AvgIpc) is 2.29. The summed E-state index contributed by atoms with van der Waals surface area (Å²) in [7, 11) is 0. The number of amides is 1. The van der Waals surface area contributed by atoms with Crippen LogP contribution in [0.15, 0.2) is 22.9 Å². The third-order valence-electron chi connectivity index (χ3n) is 2.17. The first-order chi connectivity index (χ1) is 7.61. The largest absolute Gasteiger partial charge is 0.449 e. The van der Waals surface area contributed by atoms with Crippen molar-refractivity contribution in [1.29, 1.82) is 0 Å². The molecule has 0 spiro atoms. The summed E-state index contributed by atoms with van der Waals surface area (Å²) in [4.78, 5) is 15.3. The standard InChI is InChI=1S/C11H15BrN2O2/c1-3-8(2)7-16-11(15)14-9-4-5-10(12)13-6-9/h4-6,8H,3,7H2,1-2H3,(H,14,15)/t8-/m0/s1. The highest BCUT2D eigenvalue weighted by Crippen LogP contribution is 2.10. The SMILES string of the molecule is CC[C@H](C)COC(=O)Nc1ccc(Br)nc1. The van der Waals surface area contributed by atoms with E-state index in [9.17, 15) is 4.79 Å². The van der Waals surface area contributed by atoms with Crippen LogP contribution in [0.3, 0.4) is 0 Å². The number of aromatic nitrogens is 1. The van der Waals surface area contributed by atoms with Gasteiger partial charge in [-0.2, -0.15) is 0 Å². The molecule has 0 aromatic carbocycles. The van der Waals surface area contributed by atoms with Crippen molar-refractivity contribution in [3.63, 3.8) is 0 Å². The Hall–Kier alpha value is -1.10. The van der Waals surface area contributed by atoms with Gasteiger partial charge in [-0.1, -0.05) is 20.3 Å². The molecule has 0 saturated carbocycles. The van der Waals surface area contributed by atoms with Crippen molar-refractivity contribution in [2.24, 2.45) is 5.92 Å². The highest BCUT2D eigenvalue weighted by atomic mass is 79.9. The van der Waals surface area contributed by atoms with Crippen LogP contribution < -0.4 is 5.32 Å². The van der Waals surface area contributed by atoms with Crippen molar-refractivity contribution in [3.05, 3.63) is 22.9 Å². The average molecular weight is 287 g/mol. The van der Waals surface area contributed by atoms with Crippen molar-refractivity contribution in [1.82, 2.24) is 4.98 Å². The maximum absolute atomic E-state index is 11.3. The molecule has 0 aliphatic heterocycles. The van der Waals surface area contributed by atoms with Crippen LogP contribution in [-0.4, -0.2) is 17.7 Å². The third kappa shape index (κ3) is 4.61. The topological polar surface area (TPSA) is 51.2 Å². The Morgan fingerprint density at radius 3 is 2.94 bits per heavy atom. The summed E-state index contributed by atoms with van der Waals surface area (Å²) in [5, 5.41) is 2.60. The van der Waals surface area contributed by atoms with Gasteiger partial charge in [0.1, 0.15) is 4.60 Å². The summed E-state index contributed by atoms with van der Waals surface area (Å²) < 4.78 is 5.77. The fourth-order valence-corrected chi connectivity index (χ4v) is 1.17. The molecule has 0 aliphatic carbocycles. The van der Waals surface area contributed by atoms with Crippen molar-refractivity contribution < 1.29 is 9.53 Å². The number of carbonyl (C=O) groups is 1. The van der Waals surface area contributed by atoms with E-state index in [1.54, 1.807) is 18.3 Å². The highest BCUT2D eigenvalue weighted by Gasteiger charge is 2.06. The molecule has 0 radical (unpaired) electrons. The van der Waals surface area contributed by atoms with E-state index < -0.39 is 6.09 Å². The summed E-state index contributed by atoms with van der Waals surface area (Å²) in [5.74, 6) is 0.383. The molecule has 1 atom stereocenters. The van der Waals surface area contributed by atoms with Gasteiger partial charge < -0.3 is 4.74 Å². The molecule has 0 saturated heterocycles. The molecule has 1 amide bonds. The Morgan fingerprint density at radius 1 is 1.62 bits per heavy atom. The van der Waals surface area contributed by atoms with Gasteiger partial charge in [-0.05, 0) is 34.0 Å². The van der Waals surface area contributed by atoms with E-state index in [0.29, 0.717) is 18.2 Å². The Labute approximate surface area is 104 Å². The van der Waals surface area contributed by atoms with Gasteiger partial charge in [0.2, 0.25) is 0 Å². The van der Waals surface area contributed by atoms with Crippen molar-refractivity contribution in [2.45, 2.75) is 20.3 Å². The quantitative estimate of drug-likeness (QED) is 0.863. The minimum atomic E-state index is -0.440. The third-order valence-corrected chi connectivity index (χ3v) is 2.64. The smallest absolute Gasteiger partial charge is 0.411 e. The molecule has 0 unspecified atom stereocenters. The Balaban J connectivity index is 2.37. The summed E-state index contributed by atoms with van der Waals surface area (Å²) >= 11 is 3.22. The van der Waals surface area contributed by atoms with Gasteiger partial charge in [-0.3, -0.25) is 5.32 Å². The van der Waals surface area contributed by atoms with Crippen molar-refractivity contribution in [3.8, 4) is 0 Å². The summed E-state index contributed by atoms with van der Waals surface area (Å²) in [5.41, 5.74) is 0.623. The van der Waals surface area contributed by atoms with Crippen LogP contribution in [-0.2, 0) is 4.74 Å². The molecule has 1 aromatic heterocycles.